The highest BCUT2D eigenvalue weighted by Crippen LogP contribution is 2.12. The van der Waals surface area contributed by atoms with E-state index in [1.165, 1.54) is 4.90 Å². The summed E-state index contributed by atoms with van der Waals surface area (Å²) in [6.07, 6.45) is 2.13. The van der Waals surface area contributed by atoms with Crippen LogP contribution in [0.4, 0.5) is 0 Å². The van der Waals surface area contributed by atoms with Crippen molar-refractivity contribution in [3.8, 4) is 0 Å². The molecule has 3 nitrogen and oxygen atoms in total. The Kier molecular flexibility index (Phi) is 4.02. The first-order chi connectivity index (χ1) is 8.15. The molecule has 0 aromatic heterocycles. The average Bonchev–Trinajstić information content (AvgIpc) is 2.29. The SMILES string of the molecule is C[NH+]1CCC[C@@H](OC(=O)c2ccc(Cl)cc2)C1. The fourth-order valence-electron chi connectivity index (χ4n) is 2.13. The molecule has 4 heteroatoms. The van der Waals surface area contributed by atoms with Crippen molar-refractivity contribution >= 4 is 17.6 Å². The second-order valence-electron chi connectivity index (χ2n) is 4.59. The molecule has 0 aliphatic carbocycles. The summed E-state index contributed by atoms with van der Waals surface area (Å²) in [5.74, 6) is -0.249. The Morgan fingerprint density at radius 2 is 2.12 bits per heavy atom. The smallest absolute Gasteiger partial charge is 0.338 e. The van der Waals surface area contributed by atoms with Gasteiger partial charge in [0.1, 0.15) is 6.54 Å². The highest BCUT2D eigenvalue weighted by Gasteiger charge is 2.24. The first kappa shape index (κ1) is 12.4. The number of hydrogen-bond donors (Lipinski definition) is 1. The lowest BCUT2D eigenvalue weighted by molar-refractivity contribution is -0.888. The summed E-state index contributed by atoms with van der Waals surface area (Å²) < 4.78 is 5.48. The highest BCUT2D eigenvalue weighted by atomic mass is 35.5. The van der Waals surface area contributed by atoms with Crippen LogP contribution < -0.4 is 4.90 Å². The monoisotopic (exact) mass is 254 g/mol. The quantitative estimate of drug-likeness (QED) is 0.804. The van der Waals surface area contributed by atoms with Crippen molar-refractivity contribution in [1.82, 2.24) is 0 Å². The number of carbonyl (C=O) groups excluding carboxylic acids is 1. The fraction of sp³-hybridized carbons (Fsp3) is 0.462. The summed E-state index contributed by atoms with van der Waals surface area (Å²) in [5, 5.41) is 0.628. The van der Waals surface area contributed by atoms with Crippen molar-refractivity contribution in [1.29, 1.82) is 0 Å². The predicted octanol–water partition coefficient (Wildman–Crippen LogP) is 1.17. The molecule has 1 aromatic carbocycles. The van der Waals surface area contributed by atoms with E-state index in [4.69, 9.17) is 16.3 Å². The highest BCUT2D eigenvalue weighted by molar-refractivity contribution is 6.30. The Hall–Kier alpha value is -1.06. The molecule has 0 bridgehead atoms. The lowest BCUT2D eigenvalue weighted by Crippen LogP contribution is -3.11. The first-order valence-corrected chi connectivity index (χ1v) is 6.31. The van der Waals surface area contributed by atoms with Gasteiger partial charge in [-0.1, -0.05) is 11.6 Å². The normalized spacial score (nSPS) is 24.4. The molecular formula is C13H17ClNO2+. The number of ether oxygens (including phenoxy) is 1. The van der Waals surface area contributed by atoms with Crippen molar-refractivity contribution in [2.24, 2.45) is 0 Å². The predicted molar refractivity (Wildman–Crippen MR) is 66.5 cm³/mol. The number of carbonyl (C=O) groups is 1. The second-order valence-corrected chi connectivity index (χ2v) is 5.02. The van der Waals surface area contributed by atoms with Gasteiger partial charge in [0.15, 0.2) is 6.10 Å². The zero-order valence-electron chi connectivity index (χ0n) is 9.91. The average molecular weight is 255 g/mol. The fourth-order valence-corrected chi connectivity index (χ4v) is 2.26. The van der Waals surface area contributed by atoms with Crippen molar-refractivity contribution < 1.29 is 14.4 Å². The van der Waals surface area contributed by atoms with Crippen LogP contribution in [0.15, 0.2) is 24.3 Å². The van der Waals surface area contributed by atoms with Crippen molar-refractivity contribution in [3.63, 3.8) is 0 Å². The molecule has 2 rings (SSSR count). The van der Waals surface area contributed by atoms with E-state index in [-0.39, 0.29) is 12.1 Å². The molecule has 1 aromatic rings. The molecule has 17 heavy (non-hydrogen) atoms. The lowest BCUT2D eigenvalue weighted by atomic mass is 10.1. The Labute approximate surface area is 106 Å². The molecule has 1 fully saturated rings. The molecule has 1 N–H and O–H groups in total. The van der Waals surface area contributed by atoms with Gasteiger partial charge in [-0.15, -0.1) is 0 Å². The number of piperidine rings is 1. The first-order valence-electron chi connectivity index (χ1n) is 5.93. The van der Waals surface area contributed by atoms with Gasteiger partial charge in [0.05, 0.1) is 19.2 Å². The van der Waals surface area contributed by atoms with Crippen molar-refractivity contribution in [2.75, 3.05) is 20.1 Å². The molecule has 0 spiro atoms. The summed E-state index contributed by atoms with van der Waals surface area (Å²) in [5.41, 5.74) is 0.567. The Morgan fingerprint density at radius 1 is 1.41 bits per heavy atom. The van der Waals surface area contributed by atoms with Crippen molar-refractivity contribution in [3.05, 3.63) is 34.9 Å². The van der Waals surface area contributed by atoms with E-state index < -0.39 is 0 Å². The molecule has 1 aliphatic heterocycles. The summed E-state index contributed by atoms with van der Waals surface area (Å²) in [6, 6.07) is 6.81. The molecule has 1 unspecified atom stereocenters. The maximum atomic E-state index is 11.9. The minimum atomic E-state index is -0.249. The largest absolute Gasteiger partial charge is 0.453 e. The van der Waals surface area contributed by atoms with Crippen LogP contribution in [-0.4, -0.2) is 32.2 Å². The van der Waals surface area contributed by atoms with Gasteiger partial charge in [-0.2, -0.15) is 0 Å². The van der Waals surface area contributed by atoms with Crippen molar-refractivity contribution in [2.45, 2.75) is 18.9 Å². The molecule has 92 valence electrons. The number of likely N-dealkylation sites (N-methyl/N-ethyl adjacent to an activating group) is 1. The third-order valence-corrected chi connectivity index (χ3v) is 3.31. The molecule has 1 aliphatic rings. The summed E-state index contributed by atoms with van der Waals surface area (Å²) >= 11 is 5.77. The van der Waals surface area contributed by atoms with E-state index in [1.54, 1.807) is 24.3 Å². The molecular weight excluding hydrogens is 238 g/mol. The number of hydrogen-bond acceptors (Lipinski definition) is 2. The Balaban J connectivity index is 1.94. The molecule has 0 saturated carbocycles. The molecule has 1 saturated heterocycles. The number of likely N-dealkylation sites (tertiary alicyclic amines) is 1. The van der Waals surface area contributed by atoms with E-state index in [0.717, 1.165) is 25.9 Å². The third kappa shape index (κ3) is 3.45. The Morgan fingerprint density at radius 3 is 2.76 bits per heavy atom. The van der Waals surface area contributed by atoms with Crippen LogP contribution in [0.2, 0.25) is 5.02 Å². The van der Waals surface area contributed by atoms with Crippen LogP contribution in [0.25, 0.3) is 0 Å². The minimum absolute atomic E-state index is 0.0481. The van der Waals surface area contributed by atoms with Crippen LogP contribution >= 0.6 is 11.6 Å². The molecule has 0 amide bonds. The van der Waals surface area contributed by atoms with Gasteiger partial charge in [0.25, 0.3) is 0 Å². The van der Waals surface area contributed by atoms with Crippen LogP contribution in [0.5, 0.6) is 0 Å². The van der Waals surface area contributed by atoms with Crippen LogP contribution in [0, 0.1) is 0 Å². The van der Waals surface area contributed by atoms with E-state index in [9.17, 15) is 4.79 Å². The number of halogens is 1. The van der Waals surface area contributed by atoms with Gasteiger partial charge < -0.3 is 9.64 Å². The maximum Gasteiger partial charge on any atom is 0.338 e. The van der Waals surface area contributed by atoms with Gasteiger partial charge in [-0.25, -0.2) is 4.79 Å². The van der Waals surface area contributed by atoms with Gasteiger partial charge >= 0.3 is 5.97 Å². The van der Waals surface area contributed by atoms with E-state index in [2.05, 4.69) is 7.05 Å². The number of rotatable bonds is 2. The minimum Gasteiger partial charge on any atom is -0.453 e. The van der Waals surface area contributed by atoms with Gasteiger partial charge in [-0.05, 0) is 30.7 Å². The van der Waals surface area contributed by atoms with Crippen LogP contribution in [0.1, 0.15) is 23.2 Å². The number of quaternary nitrogens is 1. The zero-order valence-corrected chi connectivity index (χ0v) is 10.7. The molecule has 0 radical (unpaired) electrons. The number of nitrogens with one attached hydrogen (secondary N) is 1. The third-order valence-electron chi connectivity index (χ3n) is 3.06. The summed E-state index contributed by atoms with van der Waals surface area (Å²) in [6.45, 7) is 2.06. The number of esters is 1. The second kappa shape index (κ2) is 5.52. The van der Waals surface area contributed by atoms with E-state index in [1.807, 2.05) is 0 Å². The van der Waals surface area contributed by atoms with Crippen LogP contribution in [-0.2, 0) is 4.74 Å². The zero-order chi connectivity index (χ0) is 12.3. The molecule has 1 heterocycles. The van der Waals surface area contributed by atoms with E-state index in [0.29, 0.717) is 10.6 Å². The van der Waals surface area contributed by atoms with Gasteiger partial charge in [-0.3, -0.25) is 0 Å². The summed E-state index contributed by atoms with van der Waals surface area (Å²) in [4.78, 5) is 13.3. The Bertz CT molecular complexity index is 391. The van der Waals surface area contributed by atoms with Gasteiger partial charge in [0, 0.05) is 11.4 Å². The maximum absolute atomic E-state index is 11.9. The topological polar surface area (TPSA) is 30.7 Å². The lowest BCUT2D eigenvalue weighted by Gasteiger charge is -2.26. The van der Waals surface area contributed by atoms with Crippen LogP contribution in [0.3, 0.4) is 0 Å². The summed E-state index contributed by atoms with van der Waals surface area (Å²) in [7, 11) is 2.13. The number of benzene rings is 1. The van der Waals surface area contributed by atoms with Gasteiger partial charge in [0.2, 0.25) is 0 Å². The standard InChI is InChI=1S/C13H16ClNO2/c1-15-8-2-3-12(9-15)17-13(16)10-4-6-11(14)7-5-10/h4-7,12H,2-3,8-9H2,1H3/p+1/t12-/m1/s1. The molecule has 2 atom stereocenters. The van der Waals surface area contributed by atoms with E-state index >= 15 is 0 Å².